The van der Waals surface area contributed by atoms with Crippen LogP contribution in [-0.4, -0.2) is 12.2 Å². The highest BCUT2D eigenvalue weighted by Gasteiger charge is 1.92. The third-order valence-electron chi connectivity index (χ3n) is 2.57. The van der Waals surface area contributed by atoms with Crippen molar-refractivity contribution in [2.24, 2.45) is 0 Å². The van der Waals surface area contributed by atoms with E-state index in [1.54, 1.807) is 0 Å². The molecular formula is C17H29NO. The van der Waals surface area contributed by atoms with Crippen LogP contribution in [0.1, 0.15) is 40.5 Å². The lowest BCUT2D eigenvalue weighted by molar-refractivity contribution is 0.399. The van der Waals surface area contributed by atoms with Gasteiger partial charge in [0.2, 0.25) is 0 Å². The topological polar surface area (TPSA) is 46.2 Å². The summed E-state index contributed by atoms with van der Waals surface area (Å²) in [5, 5.41) is 7.00. The molecule has 0 aromatic heterocycles. The molecule has 0 atom stereocenters. The molecule has 2 nitrogen and oxygen atoms in total. The van der Waals surface area contributed by atoms with Crippen LogP contribution >= 0.6 is 0 Å². The van der Waals surface area contributed by atoms with Crippen LogP contribution in [0.5, 0.6) is 0 Å². The number of rotatable bonds is 3. The molecular weight excluding hydrogens is 234 g/mol. The zero-order valence-electron chi connectivity index (χ0n) is 13.0. The quantitative estimate of drug-likeness (QED) is 0.619. The highest BCUT2D eigenvalue weighted by molar-refractivity contribution is 5.35. The molecule has 0 bridgehead atoms. The first-order chi connectivity index (χ1) is 9.15. The van der Waals surface area contributed by atoms with Crippen molar-refractivity contribution in [3.63, 3.8) is 0 Å². The Labute approximate surface area is 118 Å². The monoisotopic (exact) mass is 263 g/mol. The molecule has 0 aliphatic heterocycles. The molecule has 108 valence electrons. The molecule has 3 N–H and O–H groups in total. The number of allylic oxidation sites excluding steroid dienone is 4. The minimum atomic E-state index is 0.822. The van der Waals surface area contributed by atoms with E-state index in [1.165, 1.54) is 11.1 Å². The normalized spacial score (nSPS) is 10.8. The van der Waals surface area contributed by atoms with Gasteiger partial charge in [-0.1, -0.05) is 49.8 Å². The van der Waals surface area contributed by atoms with Gasteiger partial charge >= 0.3 is 0 Å². The molecule has 0 unspecified atom stereocenters. The zero-order chi connectivity index (χ0) is 15.1. The van der Waals surface area contributed by atoms with Crippen molar-refractivity contribution in [2.75, 3.05) is 12.8 Å². The molecule has 0 fully saturated rings. The summed E-state index contributed by atoms with van der Waals surface area (Å²) in [5.41, 5.74) is 9.09. The van der Waals surface area contributed by atoms with Gasteiger partial charge in [-0.3, -0.25) is 0 Å². The third-order valence-corrected chi connectivity index (χ3v) is 2.57. The minimum absolute atomic E-state index is 0.822. The van der Waals surface area contributed by atoms with Crippen molar-refractivity contribution in [1.29, 1.82) is 0 Å². The Hall–Kier alpha value is -1.54. The van der Waals surface area contributed by atoms with Crippen molar-refractivity contribution in [3.05, 3.63) is 53.6 Å². The number of anilines is 1. The Balaban J connectivity index is 0. The highest BCUT2D eigenvalue weighted by Crippen LogP contribution is 2.13. The maximum atomic E-state index is 7.00. The summed E-state index contributed by atoms with van der Waals surface area (Å²) in [5.74, 6) is 0. The maximum absolute atomic E-state index is 7.00. The van der Waals surface area contributed by atoms with E-state index < -0.39 is 0 Å². The van der Waals surface area contributed by atoms with Crippen LogP contribution in [-0.2, 0) is 0 Å². The number of nitrogen functional groups attached to an aromatic ring is 1. The van der Waals surface area contributed by atoms with Gasteiger partial charge < -0.3 is 10.8 Å². The Morgan fingerprint density at radius 2 is 1.68 bits per heavy atom. The van der Waals surface area contributed by atoms with Gasteiger partial charge in [-0.2, -0.15) is 0 Å². The van der Waals surface area contributed by atoms with Gasteiger partial charge in [0.1, 0.15) is 0 Å². The SMILES string of the molecule is C/C=C(C)\C(=C/CC)CC.CO.Nc1ccccc1. The second kappa shape index (κ2) is 14.5. The molecule has 19 heavy (non-hydrogen) atoms. The van der Waals surface area contributed by atoms with Crippen LogP contribution in [0.4, 0.5) is 5.69 Å². The van der Waals surface area contributed by atoms with E-state index >= 15 is 0 Å². The molecule has 0 saturated heterocycles. The smallest absolute Gasteiger partial charge is 0.0319 e. The molecule has 0 amide bonds. The fourth-order valence-corrected chi connectivity index (χ4v) is 1.47. The number of benzene rings is 1. The van der Waals surface area contributed by atoms with Gasteiger partial charge in [0, 0.05) is 12.8 Å². The van der Waals surface area contributed by atoms with Crippen molar-refractivity contribution in [2.45, 2.75) is 40.5 Å². The molecule has 0 saturated carbocycles. The number of hydrogen-bond acceptors (Lipinski definition) is 2. The molecule has 0 spiro atoms. The summed E-state index contributed by atoms with van der Waals surface area (Å²) in [7, 11) is 1.00. The van der Waals surface area contributed by atoms with Crippen LogP contribution < -0.4 is 5.73 Å². The first kappa shape index (κ1) is 19.8. The summed E-state index contributed by atoms with van der Waals surface area (Å²) in [6.07, 6.45) is 6.78. The molecule has 0 aliphatic carbocycles. The summed E-state index contributed by atoms with van der Waals surface area (Å²) in [6, 6.07) is 9.49. The molecule has 0 aliphatic rings. The predicted molar refractivity (Wildman–Crippen MR) is 87.1 cm³/mol. The third kappa shape index (κ3) is 11.3. The van der Waals surface area contributed by atoms with E-state index in [0.717, 1.165) is 25.6 Å². The lowest BCUT2D eigenvalue weighted by atomic mass is 10.0. The molecule has 1 aromatic rings. The van der Waals surface area contributed by atoms with Gasteiger partial charge in [-0.15, -0.1) is 0 Å². The minimum Gasteiger partial charge on any atom is -0.400 e. The predicted octanol–water partition coefficient (Wildman–Crippen LogP) is 4.58. The number of aliphatic hydroxyl groups is 1. The van der Waals surface area contributed by atoms with Crippen LogP contribution in [0.15, 0.2) is 53.6 Å². The van der Waals surface area contributed by atoms with Crippen molar-refractivity contribution in [3.8, 4) is 0 Å². The van der Waals surface area contributed by atoms with E-state index in [9.17, 15) is 0 Å². The van der Waals surface area contributed by atoms with Gasteiger partial charge in [0.15, 0.2) is 0 Å². The average Bonchev–Trinajstić information content (AvgIpc) is 2.47. The molecule has 1 rings (SSSR count). The van der Waals surface area contributed by atoms with Crippen molar-refractivity contribution < 1.29 is 5.11 Å². The Bertz CT molecular complexity index is 353. The van der Waals surface area contributed by atoms with E-state index in [4.69, 9.17) is 10.8 Å². The molecule has 2 heteroatoms. The number of nitrogens with two attached hydrogens (primary N) is 1. The lowest BCUT2D eigenvalue weighted by Crippen LogP contribution is -1.82. The molecule has 0 heterocycles. The molecule has 1 aromatic carbocycles. The standard InChI is InChI=1S/C10H18.C6H7N.CH4O/c1-5-8-10(7-3)9(4)6-2;7-6-4-2-1-3-5-6;1-2/h6,8H,5,7H2,1-4H3;1-5H,7H2;2H,1H3/b9-6-,10-8-;;. The lowest BCUT2D eigenvalue weighted by Gasteiger charge is -2.02. The van der Waals surface area contributed by atoms with E-state index in [2.05, 4.69) is 39.8 Å². The van der Waals surface area contributed by atoms with Gasteiger partial charge in [0.05, 0.1) is 0 Å². The first-order valence-corrected chi connectivity index (χ1v) is 6.73. The second-order valence-corrected chi connectivity index (χ2v) is 3.87. The summed E-state index contributed by atoms with van der Waals surface area (Å²) >= 11 is 0. The van der Waals surface area contributed by atoms with E-state index in [0.29, 0.717) is 0 Å². The van der Waals surface area contributed by atoms with Crippen LogP contribution in [0.2, 0.25) is 0 Å². The van der Waals surface area contributed by atoms with Crippen LogP contribution in [0.3, 0.4) is 0 Å². The van der Waals surface area contributed by atoms with Gasteiger partial charge in [-0.25, -0.2) is 0 Å². The fraction of sp³-hybridized carbons (Fsp3) is 0.412. The number of hydrogen-bond donors (Lipinski definition) is 2. The van der Waals surface area contributed by atoms with Crippen molar-refractivity contribution >= 4 is 5.69 Å². The highest BCUT2D eigenvalue weighted by atomic mass is 16.2. The molecule has 0 radical (unpaired) electrons. The number of para-hydroxylation sites is 1. The second-order valence-electron chi connectivity index (χ2n) is 3.87. The Kier molecular flexibility index (Phi) is 15.1. The summed E-state index contributed by atoms with van der Waals surface area (Å²) < 4.78 is 0. The average molecular weight is 263 g/mol. The van der Waals surface area contributed by atoms with Crippen LogP contribution in [0, 0.1) is 0 Å². The van der Waals surface area contributed by atoms with Gasteiger partial charge in [0.25, 0.3) is 0 Å². The Morgan fingerprint density at radius 3 is 1.95 bits per heavy atom. The van der Waals surface area contributed by atoms with Gasteiger partial charge in [-0.05, 0) is 44.4 Å². The van der Waals surface area contributed by atoms with E-state index in [1.807, 2.05) is 30.3 Å². The largest absolute Gasteiger partial charge is 0.400 e. The zero-order valence-corrected chi connectivity index (χ0v) is 13.0. The summed E-state index contributed by atoms with van der Waals surface area (Å²) in [4.78, 5) is 0. The van der Waals surface area contributed by atoms with Crippen molar-refractivity contribution in [1.82, 2.24) is 0 Å². The van der Waals surface area contributed by atoms with Crippen LogP contribution in [0.25, 0.3) is 0 Å². The first-order valence-electron chi connectivity index (χ1n) is 6.73. The fourth-order valence-electron chi connectivity index (χ4n) is 1.47. The Morgan fingerprint density at radius 1 is 1.16 bits per heavy atom. The van der Waals surface area contributed by atoms with E-state index in [-0.39, 0.29) is 0 Å². The maximum Gasteiger partial charge on any atom is 0.0319 e. The number of aliphatic hydroxyl groups excluding tert-OH is 1. The summed E-state index contributed by atoms with van der Waals surface area (Å²) in [6.45, 7) is 8.65.